The van der Waals surface area contributed by atoms with Gasteiger partial charge < -0.3 is 14.2 Å². The summed E-state index contributed by atoms with van der Waals surface area (Å²) in [5.74, 6) is 0.927. The number of methoxy groups -OCH3 is 2. The molecule has 110 valence electrons. The first-order valence-corrected chi connectivity index (χ1v) is 6.14. The average molecular weight is 281 g/mol. The van der Waals surface area contributed by atoms with Crippen molar-refractivity contribution < 1.29 is 19.1 Å². The Morgan fingerprint density at radius 3 is 2.40 bits per heavy atom. The minimum absolute atomic E-state index is 0.0462. The maximum absolute atomic E-state index is 11.2. The van der Waals surface area contributed by atoms with Gasteiger partial charge in [0.05, 0.1) is 31.3 Å². The van der Waals surface area contributed by atoms with E-state index in [4.69, 9.17) is 14.2 Å². The van der Waals surface area contributed by atoms with E-state index in [1.165, 1.54) is 26.4 Å². The third kappa shape index (κ3) is 3.20. The van der Waals surface area contributed by atoms with Crippen LogP contribution < -0.4 is 14.2 Å². The Kier molecular flexibility index (Phi) is 5.37. The standard InChI is InChI=1S/C14H19NO5/c1-6-10-7-11(18-4)13(20-8-9(2)3)14(19-5)12(10)15(16)17/h6-7,9H,1,8H2,2-5H3. The van der Waals surface area contributed by atoms with Crippen LogP contribution in [0.4, 0.5) is 5.69 Å². The Hall–Kier alpha value is -2.24. The van der Waals surface area contributed by atoms with Crippen molar-refractivity contribution in [1.82, 2.24) is 0 Å². The van der Waals surface area contributed by atoms with Gasteiger partial charge in [-0.3, -0.25) is 10.1 Å². The highest BCUT2D eigenvalue weighted by molar-refractivity contribution is 5.73. The highest BCUT2D eigenvalue weighted by Crippen LogP contribution is 2.46. The molecule has 0 heterocycles. The molecule has 6 heteroatoms. The molecule has 6 nitrogen and oxygen atoms in total. The van der Waals surface area contributed by atoms with Crippen molar-refractivity contribution in [3.05, 3.63) is 28.3 Å². The lowest BCUT2D eigenvalue weighted by atomic mass is 10.1. The molecule has 0 unspecified atom stereocenters. The molecule has 0 N–H and O–H groups in total. The van der Waals surface area contributed by atoms with E-state index in [0.29, 0.717) is 17.9 Å². The molecule has 0 amide bonds. The van der Waals surface area contributed by atoms with Crippen molar-refractivity contribution in [3.8, 4) is 17.2 Å². The molecule has 0 fully saturated rings. The van der Waals surface area contributed by atoms with Crippen LogP contribution in [0.2, 0.25) is 0 Å². The zero-order valence-corrected chi connectivity index (χ0v) is 12.1. The highest BCUT2D eigenvalue weighted by Gasteiger charge is 2.28. The van der Waals surface area contributed by atoms with E-state index in [1.54, 1.807) is 0 Å². The van der Waals surface area contributed by atoms with E-state index in [0.717, 1.165) is 0 Å². The van der Waals surface area contributed by atoms with Crippen molar-refractivity contribution in [2.45, 2.75) is 13.8 Å². The van der Waals surface area contributed by atoms with E-state index in [2.05, 4.69) is 6.58 Å². The van der Waals surface area contributed by atoms with Crippen molar-refractivity contribution >= 4 is 11.8 Å². The molecule has 0 aliphatic rings. The van der Waals surface area contributed by atoms with Crippen LogP contribution in [0.3, 0.4) is 0 Å². The first-order chi connectivity index (χ1) is 9.46. The molecule has 0 atom stereocenters. The van der Waals surface area contributed by atoms with E-state index in [1.807, 2.05) is 13.8 Å². The predicted octanol–water partition coefficient (Wildman–Crippen LogP) is 3.29. The maximum atomic E-state index is 11.2. The number of nitro groups is 1. The van der Waals surface area contributed by atoms with Gasteiger partial charge in [0.1, 0.15) is 0 Å². The lowest BCUT2D eigenvalue weighted by Crippen LogP contribution is -2.08. The van der Waals surface area contributed by atoms with Crippen LogP contribution in [0, 0.1) is 16.0 Å². The van der Waals surface area contributed by atoms with Gasteiger partial charge in [0.2, 0.25) is 11.5 Å². The second-order valence-electron chi connectivity index (χ2n) is 4.55. The molecule has 0 aliphatic heterocycles. The van der Waals surface area contributed by atoms with Gasteiger partial charge in [-0.05, 0) is 12.0 Å². The Labute approximate surface area is 118 Å². The Morgan fingerprint density at radius 1 is 1.35 bits per heavy atom. The maximum Gasteiger partial charge on any atom is 0.322 e. The molecule has 0 saturated carbocycles. The summed E-state index contributed by atoms with van der Waals surface area (Å²) in [5, 5.41) is 11.2. The summed E-state index contributed by atoms with van der Waals surface area (Å²) in [5.41, 5.74) is 0.141. The summed E-state index contributed by atoms with van der Waals surface area (Å²) >= 11 is 0. The second-order valence-corrected chi connectivity index (χ2v) is 4.55. The second kappa shape index (κ2) is 6.79. The minimum Gasteiger partial charge on any atom is -0.493 e. The number of hydrogen-bond donors (Lipinski definition) is 0. The number of rotatable bonds is 7. The molecule has 0 spiro atoms. The van der Waals surface area contributed by atoms with Crippen LogP contribution in [0.25, 0.3) is 6.08 Å². The van der Waals surface area contributed by atoms with E-state index >= 15 is 0 Å². The van der Waals surface area contributed by atoms with E-state index < -0.39 is 4.92 Å². The van der Waals surface area contributed by atoms with Crippen LogP contribution in [0.15, 0.2) is 12.6 Å². The molecule has 20 heavy (non-hydrogen) atoms. The van der Waals surface area contributed by atoms with Gasteiger partial charge in [-0.25, -0.2) is 0 Å². The summed E-state index contributed by atoms with van der Waals surface area (Å²) in [6.45, 7) is 7.93. The van der Waals surface area contributed by atoms with Gasteiger partial charge in [0, 0.05) is 0 Å². The van der Waals surface area contributed by atoms with Crippen LogP contribution >= 0.6 is 0 Å². The Balaban J connectivity index is 3.49. The van der Waals surface area contributed by atoms with Gasteiger partial charge in [-0.2, -0.15) is 0 Å². The zero-order chi connectivity index (χ0) is 15.3. The molecule has 0 radical (unpaired) electrons. The third-order valence-corrected chi connectivity index (χ3v) is 2.59. The highest BCUT2D eigenvalue weighted by atomic mass is 16.6. The van der Waals surface area contributed by atoms with Crippen LogP contribution in [-0.4, -0.2) is 25.7 Å². The van der Waals surface area contributed by atoms with Gasteiger partial charge in [-0.15, -0.1) is 0 Å². The molecule has 0 aliphatic carbocycles. The van der Waals surface area contributed by atoms with Gasteiger partial charge >= 0.3 is 5.69 Å². The minimum atomic E-state index is -0.516. The van der Waals surface area contributed by atoms with Crippen molar-refractivity contribution in [1.29, 1.82) is 0 Å². The van der Waals surface area contributed by atoms with Gasteiger partial charge in [0.25, 0.3) is 0 Å². The number of nitro benzene ring substituents is 1. The number of benzene rings is 1. The van der Waals surface area contributed by atoms with Crippen molar-refractivity contribution in [3.63, 3.8) is 0 Å². The van der Waals surface area contributed by atoms with Gasteiger partial charge in [-0.1, -0.05) is 26.5 Å². The molecule has 1 rings (SSSR count). The fourth-order valence-corrected chi connectivity index (χ4v) is 1.70. The van der Waals surface area contributed by atoms with Crippen molar-refractivity contribution in [2.75, 3.05) is 20.8 Å². The summed E-state index contributed by atoms with van der Waals surface area (Å²) in [6, 6.07) is 1.52. The Morgan fingerprint density at radius 2 is 2.00 bits per heavy atom. The molecule has 0 aromatic heterocycles. The smallest absolute Gasteiger partial charge is 0.322 e. The summed E-state index contributed by atoms with van der Waals surface area (Å²) in [6.07, 6.45) is 1.38. The lowest BCUT2D eigenvalue weighted by molar-refractivity contribution is -0.386. The molecule has 0 bridgehead atoms. The molecule has 1 aromatic carbocycles. The SMILES string of the molecule is C=Cc1cc(OC)c(OCC(C)C)c(OC)c1[N+](=O)[O-]. The van der Waals surface area contributed by atoms with Crippen LogP contribution in [-0.2, 0) is 0 Å². The topological polar surface area (TPSA) is 70.8 Å². The van der Waals surface area contributed by atoms with E-state index in [-0.39, 0.29) is 23.1 Å². The number of ether oxygens (including phenoxy) is 3. The fourth-order valence-electron chi connectivity index (χ4n) is 1.70. The normalized spacial score (nSPS) is 10.2. The first-order valence-electron chi connectivity index (χ1n) is 6.14. The molecular weight excluding hydrogens is 262 g/mol. The fraction of sp³-hybridized carbons (Fsp3) is 0.429. The molecular formula is C14H19NO5. The summed E-state index contributed by atoms with van der Waals surface area (Å²) < 4.78 is 16.0. The number of nitrogens with zero attached hydrogens (tertiary/aromatic N) is 1. The number of hydrogen-bond acceptors (Lipinski definition) is 5. The average Bonchev–Trinajstić information content (AvgIpc) is 2.42. The van der Waals surface area contributed by atoms with Crippen LogP contribution in [0.5, 0.6) is 17.2 Å². The van der Waals surface area contributed by atoms with Gasteiger partial charge in [0.15, 0.2) is 5.75 Å². The summed E-state index contributed by atoms with van der Waals surface area (Å²) in [4.78, 5) is 10.7. The zero-order valence-electron chi connectivity index (χ0n) is 12.1. The van der Waals surface area contributed by atoms with Crippen molar-refractivity contribution in [2.24, 2.45) is 5.92 Å². The third-order valence-electron chi connectivity index (χ3n) is 2.59. The quantitative estimate of drug-likeness (QED) is 0.566. The lowest BCUT2D eigenvalue weighted by Gasteiger charge is -2.16. The van der Waals surface area contributed by atoms with E-state index in [9.17, 15) is 10.1 Å². The molecule has 1 aromatic rings. The first kappa shape index (κ1) is 15.8. The largest absolute Gasteiger partial charge is 0.493 e. The van der Waals surface area contributed by atoms with Crippen LogP contribution in [0.1, 0.15) is 19.4 Å². The monoisotopic (exact) mass is 281 g/mol. The Bertz CT molecular complexity index is 511. The summed E-state index contributed by atoms with van der Waals surface area (Å²) in [7, 11) is 2.83. The predicted molar refractivity (Wildman–Crippen MR) is 76.6 cm³/mol. The molecule has 0 saturated heterocycles.